The average Bonchev–Trinajstić information content (AvgIpc) is 3.59. The van der Waals surface area contributed by atoms with Crippen molar-refractivity contribution < 1.29 is 18.7 Å². The summed E-state index contributed by atoms with van der Waals surface area (Å²) in [6.45, 7) is 0.653. The predicted octanol–water partition coefficient (Wildman–Crippen LogP) is 3.01. The summed E-state index contributed by atoms with van der Waals surface area (Å²) in [6, 6.07) is 10.9. The van der Waals surface area contributed by atoms with Crippen LogP contribution in [0.15, 0.2) is 53.5 Å². The van der Waals surface area contributed by atoms with Crippen LogP contribution in [0.4, 0.5) is 10.1 Å². The Hall–Kier alpha value is -4.21. The van der Waals surface area contributed by atoms with Crippen molar-refractivity contribution >= 4 is 22.5 Å². The highest BCUT2D eigenvalue weighted by molar-refractivity contribution is 5.91. The standard InChI is InChI=1S/C24H20FN5O4/c25-15-3-6-17(7-4-15)30-23-18(12-26-30)22(14-1-2-14)28-29(24(23)32)13-21(31)27-16-5-8-19-20(11-16)34-10-9-33-19/h3-8,11-12,14H,1-2,9-10,13H2,(H,27,31). The molecule has 1 aliphatic heterocycles. The van der Waals surface area contributed by atoms with Gasteiger partial charge < -0.3 is 14.8 Å². The van der Waals surface area contributed by atoms with Crippen LogP contribution in [-0.4, -0.2) is 38.7 Å². The zero-order chi connectivity index (χ0) is 23.2. The van der Waals surface area contributed by atoms with Crippen LogP contribution in [-0.2, 0) is 11.3 Å². The van der Waals surface area contributed by atoms with Crippen molar-refractivity contribution in [2.24, 2.45) is 0 Å². The highest BCUT2D eigenvalue weighted by atomic mass is 19.1. The summed E-state index contributed by atoms with van der Waals surface area (Å²) >= 11 is 0. The van der Waals surface area contributed by atoms with E-state index in [9.17, 15) is 14.0 Å². The topological polar surface area (TPSA) is 100 Å². The van der Waals surface area contributed by atoms with Crippen molar-refractivity contribution in [1.29, 1.82) is 0 Å². The lowest BCUT2D eigenvalue weighted by molar-refractivity contribution is -0.117. The third-order valence-electron chi connectivity index (χ3n) is 5.87. The van der Waals surface area contributed by atoms with E-state index in [4.69, 9.17) is 9.47 Å². The first kappa shape index (κ1) is 20.4. The third-order valence-corrected chi connectivity index (χ3v) is 5.87. The van der Waals surface area contributed by atoms with Gasteiger partial charge in [0.1, 0.15) is 31.1 Å². The summed E-state index contributed by atoms with van der Waals surface area (Å²) in [5.41, 5.74) is 1.69. The van der Waals surface area contributed by atoms with Gasteiger partial charge >= 0.3 is 0 Å². The van der Waals surface area contributed by atoms with E-state index in [1.54, 1.807) is 36.5 Å². The highest BCUT2D eigenvalue weighted by Crippen LogP contribution is 2.41. The van der Waals surface area contributed by atoms with Crippen LogP contribution in [0.3, 0.4) is 0 Å². The maximum absolute atomic E-state index is 13.4. The van der Waals surface area contributed by atoms with Crippen LogP contribution < -0.4 is 20.3 Å². The second-order valence-electron chi connectivity index (χ2n) is 8.32. The van der Waals surface area contributed by atoms with Crippen molar-refractivity contribution in [3.8, 4) is 17.2 Å². The van der Waals surface area contributed by atoms with Crippen LogP contribution >= 0.6 is 0 Å². The Labute approximate surface area is 192 Å². The Morgan fingerprint density at radius 3 is 2.62 bits per heavy atom. The number of rotatable bonds is 5. The summed E-state index contributed by atoms with van der Waals surface area (Å²) in [6.07, 6.45) is 3.54. The first-order valence-electron chi connectivity index (χ1n) is 11.0. The van der Waals surface area contributed by atoms with Gasteiger partial charge in [0.2, 0.25) is 5.91 Å². The predicted molar refractivity (Wildman–Crippen MR) is 121 cm³/mol. The molecular formula is C24H20FN5O4. The Balaban J connectivity index is 1.34. The maximum Gasteiger partial charge on any atom is 0.293 e. The van der Waals surface area contributed by atoms with E-state index in [1.165, 1.54) is 21.5 Å². The van der Waals surface area contributed by atoms with Crippen LogP contribution in [0.2, 0.25) is 0 Å². The van der Waals surface area contributed by atoms with Crippen LogP contribution in [0.1, 0.15) is 24.5 Å². The smallest absolute Gasteiger partial charge is 0.293 e. The molecule has 1 amide bonds. The molecule has 2 aromatic carbocycles. The minimum absolute atomic E-state index is 0.223. The normalized spacial score (nSPS) is 14.9. The molecule has 6 rings (SSSR count). The number of benzene rings is 2. The van der Waals surface area contributed by atoms with Gasteiger partial charge in [-0.05, 0) is 49.2 Å². The molecule has 2 aliphatic rings. The second-order valence-corrected chi connectivity index (χ2v) is 8.32. The van der Waals surface area contributed by atoms with Crippen LogP contribution in [0.5, 0.6) is 11.5 Å². The Morgan fingerprint density at radius 2 is 1.85 bits per heavy atom. The van der Waals surface area contributed by atoms with Gasteiger partial charge in [-0.3, -0.25) is 9.59 Å². The van der Waals surface area contributed by atoms with Gasteiger partial charge in [0.05, 0.1) is 17.6 Å². The number of carbonyl (C=O) groups excluding carboxylic acids is 1. The fourth-order valence-corrected chi connectivity index (χ4v) is 4.09. The Morgan fingerprint density at radius 1 is 1.09 bits per heavy atom. The summed E-state index contributed by atoms with van der Waals surface area (Å²) in [5.74, 6) is 0.616. The van der Waals surface area contributed by atoms with Crippen molar-refractivity contribution in [2.45, 2.75) is 25.3 Å². The lowest BCUT2D eigenvalue weighted by Crippen LogP contribution is -2.31. The van der Waals surface area contributed by atoms with E-state index in [0.29, 0.717) is 47.0 Å². The zero-order valence-electron chi connectivity index (χ0n) is 18.0. The van der Waals surface area contributed by atoms with Crippen molar-refractivity contribution in [3.05, 3.63) is 70.5 Å². The minimum atomic E-state index is -0.446. The Kier molecular flexibility index (Phi) is 4.79. The molecule has 2 aromatic heterocycles. The maximum atomic E-state index is 13.4. The number of halogens is 1. The van der Waals surface area contributed by atoms with Crippen molar-refractivity contribution in [3.63, 3.8) is 0 Å². The van der Waals surface area contributed by atoms with Gasteiger partial charge in [-0.2, -0.15) is 10.2 Å². The molecule has 0 bridgehead atoms. The summed E-state index contributed by atoms with van der Waals surface area (Å²) in [4.78, 5) is 26.2. The molecule has 34 heavy (non-hydrogen) atoms. The molecule has 0 radical (unpaired) electrons. The quantitative estimate of drug-likeness (QED) is 0.491. The molecule has 9 nitrogen and oxygen atoms in total. The summed E-state index contributed by atoms with van der Waals surface area (Å²) < 4.78 is 27.1. The summed E-state index contributed by atoms with van der Waals surface area (Å²) in [5, 5.41) is 12.3. The van der Waals surface area contributed by atoms with E-state index in [-0.39, 0.29) is 18.3 Å². The largest absolute Gasteiger partial charge is 0.486 e. The fourth-order valence-electron chi connectivity index (χ4n) is 4.09. The number of nitrogens with zero attached hydrogens (tertiary/aromatic N) is 4. The van der Waals surface area contributed by atoms with Gasteiger partial charge in [-0.15, -0.1) is 0 Å². The molecule has 1 fully saturated rings. The van der Waals surface area contributed by atoms with Crippen molar-refractivity contribution in [2.75, 3.05) is 18.5 Å². The third kappa shape index (κ3) is 3.66. The molecule has 0 atom stereocenters. The Bertz CT molecular complexity index is 1470. The highest BCUT2D eigenvalue weighted by Gasteiger charge is 2.30. The number of hydrogen-bond donors (Lipinski definition) is 1. The van der Waals surface area contributed by atoms with Crippen LogP contribution in [0.25, 0.3) is 16.6 Å². The number of fused-ring (bicyclic) bond motifs is 2. The number of nitrogens with one attached hydrogen (secondary N) is 1. The molecule has 1 aliphatic carbocycles. The SMILES string of the molecule is O=C(Cn1nc(C2CC2)c2cnn(-c3ccc(F)cc3)c2c1=O)Nc1ccc2c(c1)OCCO2. The molecule has 10 heteroatoms. The van der Waals surface area contributed by atoms with E-state index >= 15 is 0 Å². The minimum Gasteiger partial charge on any atom is -0.486 e. The van der Waals surface area contributed by atoms with Gasteiger partial charge in [0.25, 0.3) is 5.56 Å². The molecule has 0 saturated heterocycles. The average molecular weight is 461 g/mol. The van der Waals surface area contributed by atoms with E-state index < -0.39 is 11.5 Å². The first-order chi connectivity index (χ1) is 16.6. The lowest BCUT2D eigenvalue weighted by Gasteiger charge is -2.19. The number of hydrogen-bond acceptors (Lipinski definition) is 6. The van der Waals surface area contributed by atoms with Crippen molar-refractivity contribution in [1.82, 2.24) is 19.6 Å². The molecule has 1 N–H and O–H groups in total. The number of ether oxygens (including phenoxy) is 2. The monoisotopic (exact) mass is 461 g/mol. The van der Waals surface area contributed by atoms with Gasteiger partial charge in [0, 0.05) is 23.1 Å². The molecule has 0 spiro atoms. The van der Waals surface area contributed by atoms with E-state index in [1.807, 2.05) is 0 Å². The number of anilines is 1. The number of amides is 1. The fraction of sp³-hybridized carbons (Fsp3) is 0.250. The van der Waals surface area contributed by atoms with Crippen LogP contribution in [0, 0.1) is 5.82 Å². The zero-order valence-corrected chi connectivity index (χ0v) is 18.0. The van der Waals surface area contributed by atoms with E-state index in [2.05, 4.69) is 15.5 Å². The van der Waals surface area contributed by atoms with Gasteiger partial charge in [0.15, 0.2) is 11.5 Å². The molecule has 4 aromatic rings. The molecule has 3 heterocycles. The van der Waals surface area contributed by atoms with Gasteiger partial charge in [-0.25, -0.2) is 13.8 Å². The lowest BCUT2D eigenvalue weighted by atomic mass is 10.2. The molecule has 172 valence electrons. The van der Waals surface area contributed by atoms with Gasteiger partial charge in [-0.1, -0.05) is 0 Å². The molecule has 1 saturated carbocycles. The molecular weight excluding hydrogens is 441 g/mol. The second kappa shape index (κ2) is 7.98. The van der Waals surface area contributed by atoms with E-state index in [0.717, 1.165) is 18.5 Å². The number of carbonyl (C=O) groups is 1. The first-order valence-corrected chi connectivity index (χ1v) is 11.0. The number of aromatic nitrogens is 4. The summed E-state index contributed by atoms with van der Waals surface area (Å²) in [7, 11) is 0. The molecule has 0 unspecified atom stereocenters.